The van der Waals surface area contributed by atoms with Crippen molar-refractivity contribution in [3.63, 3.8) is 0 Å². The number of aromatic nitrogens is 2. The molecule has 1 amide bonds. The molecule has 2 aromatic carbocycles. The summed E-state index contributed by atoms with van der Waals surface area (Å²) in [6, 6.07) is 14.4. The van der Waals surface area contributed by atoms with Crippen LogP contribution < -0.4 is 15.7 Å². The fraction of sp³-hybridized carbons (Fsp3) is 0.304. The van der Waals surface area contributed by atoms with E-state index in [0.29, 0.717) is 23.9 Å². The van der Waals surface area contributed by atoms with Crippen LogP contribution >= 0.6 is 0 Å². The van der Waals surface area contributed by atoms with E-state index in [2.05, 4.69) is 22.5 Å². The third kappa shape index (κ3) is 5.11. The van der Waals surface area contributed by atoms with Crippen LogP contribution in [0.25, 0.3) is 10.8 Å². The molecule has 0 fully saturated rings. The van der Waals surface area contributed by atoms with Crippen LogP contribution in [0.4, 0.5) is 0 Å². The van der Waals surface area contributed by atoms with Gasteiger partial charge in [0.15, 0.2) is 5.69 Å². The highest BCUT2D eigenvalue weighted by molar-refractivity contribution is 6.04. The van der Waals surface area contributed by atoms with Gasteiger partial charge >= 0.3 is 0 Å². The molecular formula is C23H26N4O3. The van der Waals surface area contributed by atoms with E-state index in [1.54, 1.807) is 30.5 Å². The number of nitrogens with zero attached hydrogens (tertiary/aromatic N) is 3. The van der Waals surface area contributed by atoms with Gasteiger partial charge in [-0.1, -0.05) is 38.5 Å². The first-order valence-electron chi connectivity index (χ1n) is 10.2. The van der Waals surface area contributed by atoms with Crippen molar-refractivity contribution in [3.05, 3.63) is 70.1 Å². The van der Waals surface area contributed by atoms with Gasteiger partial charge in [-0.05, 0) is 48.7 Å². The third-order valence-electron chi connectivity index (χ3n) is 4.54. The molecule has 0 aliphatic rings. The number of benzene rings is 2. The number of fused-ring (bicyclic) bond motifs is 1. The van der Waals surface area contributed by atoms with Gasteiger partial charge in [-0.15, -0.1) is 0 Å². The molecule has 1 heterocycles. The fourth-order valence-corrected chi connectivity index (χ4v) is 2.97. The Morgan fingerprint density at radius 3 is 2.53 bits per heavy atom. The number of carbonyl (C=O) groups excluding carboxylic acids is 1. The highest BCUT2D eigenvalue weighted by Crippen LogP contribution is 2.14. The van der Waals surface area contributed by atoms with Crippen LogP contribution in [-0.4, -0.2) is 28.5 Å². The lowest BCUT2D eigenvalue weighted by molar-refractivity contribution is 0.0949. The van der Waals surface area contributed by atoms with Crippen molar-refractivity contribution >= 4 is 22.9 Å². The SMILES string of the molecule is CCCCOc1ccc(/C=N\NC(=O)c2nn(CCC)c(=O)c3ccccc23)cc1. The van der Waals surface area contributed by atoms with Gasteiger partial charge in [0.25, 0.3) is 11.5 Å². The molecular weight excluding hydrogens is 380 g/mol. The van der Waals surface area contributed by atoms with Gasteiger partial charge in [0.05, 0.1) is 18.2 Å². The number of rotatable bonds is 9. The summed E-state index contributed by atoms with van der Waals surface area (Å²) in [7, 11) is 0. The van der Waals surface area contributed by atoms with E-state index >= 15 is 0 Å². The van der Waals surface area contributed by atoms with Crippen molar-refractivity contribution in [2.75, 3.05) is 6.61 Å². The summed E-state index contributed by atoms with van der Waals surface area (Å²) in [4.78, 5) is 25.2. The Balaban J connectivity index is 1.74. The van der Waals surface area contributed by atoms with Gasteiger partial charge in [-0.2, -0.15) is 10.2 Å². The van der Waals surface area contributed by atoms with E-state index in [0.717, 1.165) is 30.6 Å². The molecule has 1 N–H and O–H groups in total. The summed E-state index contributed by atoms with van der Waals surface area (Å²) in [6.07, 6.45) is 4.40. The molecule has 0 aliphatic heterocycles. The zero-order valence-corrected chi connectivity index (χ0v) is 17.3. The maximum Gasteiger partial charge on any atom is 0.292 e. The molecule has 0 unspecified atom stereocenters. The predicted octanol–water partition coefficient (Wildman–Crippen LogP) is 3.75. The Labute approximate surface area is 175 Å². The molecule has 3 rings (SSSR count). The van der Waals surface area contributed by atoms with Crippen LogP contribution in [0.2, 0.25) is 0 Å². The average Bonchev–Trinajstić information content (AvgIpc) is 2.77. The lowest BCUT2D eigenvalue weighted by Crippen LogP contribution is -2.29. The van der Waals surface area contributed by atoms with Crippen molar-refractivity contribution in [1.82, 2.24) is 15.2 Å². The number of carbonyl (C=O) groups is 1. The predicted molar refractivity (Wildman–Crippen MR) is 118 cm³/mol. The third-order valence-corrected chi connectivity index (χ3v) is 4.54. The van der Waals surface area contributed by atoms with E-state index in [4.69, 9.17) is 4.74 Å². The average molecular weight is 406 g/mol. The Morgan fingerprint density at radius 2 is 1.83 bits per heavy atom. The minimum atomic E-state index is -0.466. The molecule has 1 aromatic heterocycles. The van der Waals surface area contributed by atoms with Gasteiger partial charge in [0.2, 0.25) is 0 Å². The second-order valence-electron chi connectivity index (χ2n) is 6.89. The first-order chi connectivity index (χ1) is 14.6. The summed E-state index contributed by atoms with van der Waals surface area (Å²) in [5, 5.41) is 9.28. The fourth-order valence-electron chi connectivity index (χ4n) is 2.97. The number of amides is 1. The lowest BCUT2D eigenvalue weighted by atomic mass is 10.1. The normalized spacial score (nSPS) is 11.1. The van der Waals surface area contributed by atoms with Crippen LogP contribution in [0, 0.1) is 0 Å². The number of aryl methyl sites for hydroxylation is 1. The van der Waals surface area contributed by atoms with Crippen LogP contribution in [0.5, 0.6) is 5.75 Å². The summed E-state index contributed by atoms with van der Waals surface area (Å²) < 4.78 is 6.96. The lowest BCUT2D eigenvalue weighted by Gasteiger charge is -2.09. The van der Waals surface area contributed by atoms with Crippen LogP contribution in [0.1, 0.15) is 49.2 Å². The molecule has 156 valence electrons. The molecule has 0 saturated carbocycles. The quantitative estimate of drug-likeness (QED) is 0.333. The molecule has 7 nitrogen and oxygen atoms in total. The molecule has 0 saturated heterocycles. The molecule has 0 spiro atoms. The number of nitrogens with one attached hydrogen (secondary N) is 1. The van der Waals surface area contributed by atoms with Crippen molar-refractivity contribution in [3.8, 4) is 5.75 Å². The molecule has 0 bridgehead atoms. The number of hydrazone groups is 1. The molecule has 0 radical (unpaired) electrons. The smallest absolute Gasteiger partial charge is 0.292 e. The Morgan fingerprint density at radius 1 is 1.10 bits per heavy atom. The second-order valence-corrected chi connectivity index (χ2v) is 6.89. The van der Waals surface area contributed by atoms with Gasteiger partial charge in [0, 0.05) is 11.9 Å². The standard InChI is InChI=1S/C23H26N4O3/c1-3-5-15-30-18-12-10-17(11-13-18)16-24-25-22(28)21-19-8-6-7-9-20(19)23(29)27(26-21)14-4-2/h6-13,16H,3-5,14-15H2,1-2H3,(H,25,28)/b24-16-. The van der Waals surface area contributed by atoms with Gasteiger partial charge in [-0.25, -0.2) is 10.1 Å². The van der Waals surface area contributed by atoms with Crippen molar-refractivity contribution < 1.29 is 9.53 Å². The number of unbranched alkanes of at least 4 members (excludes halogenated alkanes) is 1. The summed E-state index contributed by atoms with van der Waals surface area (Å²) in [6.45, 7) is 5.21. The van der Waals surface area contributed by atoms with Crippen LogP contribution in [0.15, 0.2) is 58.4 Å². The van der Waals surface area contributed by atoms with E-state index < -0.39 is 5.91 Å². The maximum atomic E-state index is 12.7. The molecule has 0 atom stereocenters. The summed E-state index contributed by atoms with van der Waals surface area (Å²) in [5.41, 5.74) is 3.31. The first kappa shape index (κ1) is 21.2. The van der Waals surface area contributed by atoms with Gasteiger partial charge in [-0.3, -0.25) is 9.59 Å². The maximum absolute atomic E-state index is 12.7. The number of ether oxygens (including phenoxy) is 1. The zero-order valence-electron chi connectivity index (χ0n) is 17.3. The highest BCUT2D eigenvalue weighted by Gasteiger charge is 2.15. The summed E-state index contributed by atoms with van der Waals surface area (Å²) >= 11 is 0. The molecule has 30 heavy (non-hydrogen) atoms. The van der Waals surface area contributed by atoms with Crippen molar-refractivity contribution in [2.45, 2.75) is 39.7 Å². The Kier molecular flexibility index (Phi) is 7.32. The van der Waals surface area contributed by atoms with Crippen molar-refractivity contribution in [2.24, 2.45) is 5.10 Å². The van der Waals surface area contributed by atoms with E-state index in [-0.39, 0.29) is 11.3 Å². The van der Waals surface area contributed by atoms with E-state index in [1.807, 2.05) is 31.2 Å². The van der Waals surface area contributed by atoms with E-state index in [1.165, 1.54) is 4.68 Å². The Bertz CT molecular complexity index is 1090. The summed E-state index contributed by atoms with van der Waals surface area (Å²) in [5.74, 6) is 0.338. The minimum absolute atomic E-state index is 0.176. The zero-order chi connectivity index (χ0) is 21.3. The first-order valence-corrected chi connectivity index (χ1v) is 10.2. The Hall–Kier alpha value is -3.48. The molecule has 3 aromatic rings. The molecule has 7 heteroatoms. The number of hydrogen-bond acceptors (Lipinski definition) is 5. The van der Waals surface area contributed by atoms with Crippen molar-refractivity contribution in [1.29, 1.82) is 0 Å². The van der Waals surface area contributed by atoms with Crippen LogP contribution in [0.3, 0.4) is 0 Å². The topological polar surface area (TPSA) is 85.6 Å². The number of hydrogen-bond donors (Lipinski definition) is 1. The molecule has 0 aliphatic carbocycles. The van der Waals surface area contributed by atoms with Crippen LogP contribution in [-0.2, 0) is 6.54 Å². The second kappa shape index (κ2) is 10.3. The van der Waals surface area contributed by atoms with Gasteiger partial charge < -0.3 is 4.74 Å². The monoisotopic (exact) mass is 406 g/mol. The highest BCUT2D eigenvalue weighted by atomic mass is 16.5. The van der Waals surface area contributed by atoms with E-state index in [9.17, 15) is 9.59 Å². The largest absolute Gasteiger partial charge is 0.494 e. The minimum Gasteiger partial charge on any atom is -0.494 e. The van der Waals surface area contributed by atoms with Gasteiger partial charge in [0.1, 0.15) is 5.75 Å².